The van der Waals surface area contributed by atoms with Crippen molar-refractivity contribution in [3.63, 3.8) is 0 Å². The molecule has 0 atom stereocenters. The van der Waals surface area contributed by atoms with Crippen molar-refractivity contribution >= 4 is 34.8 Å². The first-order valence-electron chi connectivity index (χ1n) is 10.9. The molecule has 1 aromatic carbocycles. The fourth-order valence-corrected chi connectivity index (χ4v) is 5.07. The number of hydrogen-bond acceptors (Lipinski definition) is 4. The maximum absolute atomic E-state index is 13.5. The molecule has 10 heteroatoms. The predicted molar refractivity (Wildman–Crippen MR) is 121 cm³/mol. The summed E-state index contributed by atoms with van der Waals surface area (Å²) in [6.45, 7) is 8.45. The Morgan fingerprint density at radius 3 is 2.39 bits per heavy atom. The molecule has 0 aromatic heterocycles. The van der Waals surface area contributed by atoms with E-state index in [0.717, 1.165) is 17.0 Å². The molecule has 3 rings (SSSR count). The molecule has 0 bridgehead atoms. The van der Waals surface area contributed by atoms with E-state index in [1.54, 1.807) is 24.8 Å². The van der Waals surface area contributed by atoms with Gasteiger partial charge in [-0.1, -0.05) is 13.8 Å². The van der Waals surface area contributed by atoms with Gasteiger partial charge in [-0.2, -0.15) is 18.4 Å². The van der Waals surface area contributed by atoms with Crippen LogP contribution >= 0.6 is 12.2 Å². The third-order valence-corrected chi connectivity index (χ3v) is 6.56. The van der Waals surface area contributed by atoms with Crippen LogP contribution in [0.4, 0.5) is 18.9 Å². The largest absolute Gasteiger partial charge is 0.417 e. The van der Waals surface area contributed by atoms with Crippen LogP contribution in [0.3, 0.4) is 0 Å². The summed E-state index contributed by atoms with van der Waals surface area (Å²) in [5.41, 5.74) is -2.70. The highest BCUT2D eigenvalue weighted by atomic mass is 32.1. The van der Waals surface area contributed by atoms with Crippen LogP contribution < -0.4 is 4.90 Å². The summed E-state index contributed by atoms with van der Waals surface area (Å²) in [5.74, 6) is -0.0640. The molecular formula is C23H27F3N4O2S. The quantitative estimate of drug-likeness (QED) is 0.601. The molecule has 6 nitrogen and oxygen atoms in total. The van der Waals surface area contributed by atoms with Crippen LogP contribution in [0.1, 0.15) is 58.1 Å². The Labute approximate surface area is 196 Å². The van der Waals surface area contributed by atoms with Gasteiger partial charge in [0.2, 0.25) is 5.91 Å². The van der Waals surface area contributed by atoms with E-state index in [0.29, 0.717) is 32.4 Å². The van der Waals surface area contributed by atoms with E-state index in [1.807, 2.05) is 18.7 Å². The van der Waals surface area contributed by atoms with E-state index in [4.69, 9.17) is 17.5 Å². The molecule has 0 N–H and O–H groups in total. The Morgan fingerprint density at radius 1 is 1.27 bits per heavy atom. The van der Waals surface area contributed by atoms with Gasteiger partial charge in [0.15, 0.2) is 5.11 Å². The average Bonchev–Trinajstić information content (AvgIpc) is 2.90. The number of amides is 2. The van der Waals surface area contributed by atoms with Crippen LogP contribution in [-0.2, 0) is 15.8 Å². The Bertz CT molecular complexity index is 1010. The second kappa shape index (κ2) is 8.93. The predicted octanol–water partition coefficient (Wildman–Crippen LogP) is 4.33. The molecule has 1 aromatic rings. The Morgan fingerprint density at radius 2 is 1.88 bits per heavy atom. The first kappa shape index (κ1) is 25.0. The number of hydrogen-bond donors (Lipinski definition) is 0. The second-order valence-electron chi connectivity index (χ2n) is 9.40. The lowest BCUT2D eigenvalue weighted by Gasteiger charge is -2.42. The highest BCUT2D eigenvalue weighted by Gasteiger charge is 2.52. The van der Waals surface area contributed by atoms with Gasteiger partial charge in [0.25, 0.3) is 5.91 Å². The fraction of sp³-hybridized carbons (Fsp3) is 0.565. The van der Waals surface area contributed by atoms with Crippen molar-refractivity contribution in [2.24, 2.45) is 5.92 Å². The monoisotopic (exact) mass is 480 g/mol. The number of carbonyl (C=O) groups is 2. The molecule has 0 aliphatic carbocycles. The van der Waals surface area contributed by atoms with E-state index >= 15 is 0 Å². The zero-order valence-corrected chi connectivity index (χ0v) is 19.9. The number of nitrogens with zero attached hydrogens (tertiary/aromatic N) is 4. The smallest absolute Gasteiger partial charge is 0.343 e. The third kappa shape index (κ3) is 4.69. The van der Waals surface area contributed by atoms with Gasteiger partial charge in [0.05, 0.1) is 22.9 Å². The molecule has 0 saturated carbocycles. The summed E-state index contributed by atoms with van der Waals surface area (Å²) < 4.78 is 40.4. The molecule has 0 unspecified atom stereocenters. The lowest BCUT2D eigenvalue weighted by Crippen LogP contribution is -2.54. The number of anilines is 1. The maximum atomic E-state index is 13.5. The summed E-state index contributed by atoms with van der Waals surface area (Å²) in [6, 6.07) is 4.59. The van der Waals surface area contributed by atoms with Crippen LogP contribution in [0.15, 0.2) is 18.2 Å². The summed E-state index contributed by atoms with van der Waals surface area (Å²) >= 11 is 5.59. The number of benzene rings is 1. The first-order chi connectivity index (χ1) is 15.3. The molecule has 0 radical (unpaired) electrons. The van der Waals surface area contributed by atoms with E-state index in [2.05, 4.69) is 0 Å². The molecule has 2 fully saturated rings. The van der Waals surface area contributed by atoms with Crippen molar-refractivity contribution in [2.45, 2.75) is 64.7 Å². The number of thiocarbonyl (C=S) groups is 1. The first-order valence-corrected chi connectivity index (χ1v) is 11.3. The van der Waals surface area contributed by atoms with Crippen LogP contribution in [-0.4, -0.2) is 51.4 Å². The molecule has 0 spiro atoms. The minimum atomic E-state index is -4.74. The Hall–Kier alpha value is -2.67. The van der Waals surface area contributed by atoms with Gasteiger partial charge in [-0.3, -0.25) is 14.5 Å². The number of alkyl halides is 3. The number of carbonyl (C=O) groups excluding carboxylic acids is 2. The molecule has 2 aliphatic heterocycles. The van der Waals surface area contributed by atoms with Crippen molar-refractivity contribution in [3.05, 3.63) is 29.3 Å². The lowest BCUT2D eigenvalue weighted by molar-refractivity contribution is -0.138. The fourth-order valence-electron chi connectivity index (χ4n) is 4.51. The van der Waals surface area contributed by atoms with Crippen molar-refractivity contribution in [3.8, 4) is 6.07 Å². The maximum Gasteiger partial charge on any atom is 0.417 e. The number of rotatable bonds is 4. The number of likely N-dealkylation sites (tertiary alicyclic amines) is 1. The van der Waals surface area contributed by atoms with E-state index in [-0.39, 0.29) is 28.7 Å². The van der Waals surface area contributed by atoms with Crippen LogP contribution in [0.2, 0.25) is 0 Å². The van der Waals surface area contributed by atoms with Crippen molar-refractivity contribution in [1.29, 1.82) is 5.26 Å². The molecule has 2 aliphatic rings. The number of halogens is 3. The lowest BCUT2D eigenvalue weighted by atomic mass is 9.96. The zero-order valence-electron chi connectivity index (χ0n) is 19.1. The van der Waals surface area contributed by atoms with Gasteiger partial charge in [0.1, 0.15) is 5.54 Å². The molecule has 2 saturated heterocycles. The van der Waals surface area contributed by atoms with E-state index in [9.17, 15) is 22.8 Å². The topological polar surface area (TPSA) is 67.7 Å². The summed E-state index contributed by atoms with van der Waals surface area (Å²) in [4.78, 5) is 30.4. The summed E-state index contributed by atoms with van der Waals surface area (Å²) in [5, 5.41) is 9.19. The van der Waals surface area contributed by atoms with Crippen LogP contribution in [0.5, 0.6) is 0 Å². The Balaban J connectivity index is 1.86. The zero-order chi connectivity index (χ0) is 24.7. The van der Waals surface area contributed by atoms with Gasteiger partial charge in [0, 0.05) is 25.6 Å². The molecule has 2 amide bonds. The molecular weight excluding hydrogens is 453 g/mol. The Kier molecular flexibility index (Phi) is 6.76. The highest BCUT2D eigenvalue weighted by Crippen LogP contribution is 2.39. The van der Waals surface area contributed by atoms with E-state index < -0.39 is 28.7 Å². The summed E-state index contributed by atoms with van der Waals surface area (Å²) in [6.07, 6.45) is -3.05. The molecule has 2 heterocycles. The van der Waals surface area contributed by atoms with Crippen LogP contribution in [0, 0.1) is 17.2 Å². The standard InChI is InChI=1S/C23H27F3N4O2S/c1-14(2)11-19(31)28-9-7-16(8-10-28)30-21(33)29(20(32)22(30,3)4)17-6-5-15(13-27)18(12-17)23(24,25)26/h5-6,12,14,16H,7-11H2,1-4H3. The van der Waals surface area contributed by atoms with Gasteiger partial charge in [-0.25, -0.2) is 0 Å². The number of nitriles is 1. The average molecular weight is 481 g/mol. The molecule has 33 heavy (non-hydrogen) atoms. The van der Waals surface area contributed by atoms with Gasteiger partial charge < -0.3 is 9.80 Å². The van der Waals surface area contributed by atoms with E-state index in [1.165, 1.54) is 6.07 Å². The number of piperidine rings is 1. The minimum absolute atomic E-state index is 0.0172. The van der Waals surface area contributed by atoms with Crippen LogP contribution in [0.25, 0.3) is 0 Å². The van der Waals surface area contributed by atoms with Crippen molar-refractivity contribution < 1.29 is 22.8 Å². The van der Waals surface area contributed by atoms with Gasteiger partial charge in [-0.05, 0) is 63.0 Å². The van der Waals surface area contributed by atoms with Gasteiger partial charge >= 0.3 is 6.18 Å². The second-order valence-corrected chi connectivity index (χ2v) is 9.77. The minimum Gasteiger partial charge on any atom is -0.343 e. The normalized spacial score (nSPS) is 19.4. The highest BCUT2D eigenvalue weighted by molar-refractivity contribution is 7.80. The van der Waals surface area contributed by atoms with Crippen molar-refractivity contribution in [1.82, 2.24) is 9.80 Å². The van der Waals surface area contributed by atoms with Gasteiger partial charge in [-0.15, -0.1) is 0 Å². The SMILES string of the molecule is CC(C)CC(=O)N1CCC(N2C(=S)N(c3ccc(C#N)c(C(F)(F)F)c3)C(=O)C2(C)C)CC1. The van der Waals surface area contributed by atoms with Crippen molar-refractivity contribution in [2.75, 3.05) is 18.0 Å². The summed E-state index contributed by atoms with van der Waals surface area (Å²) in [7, 11) is 0. The third-order valence-electron chi connectivity index (χ3n) is 6.18. The molecule has 178 valence electrons.